The van der Waals surface area contributed by atoms with Gasteiger partial charge in [0.2, 0.25) is 0 Å². The number of hydrogen-bond donors (Lipinski definition) is 2. The Morgan fingerprint density at radius 3 is 1.25 bits per heavy atom. The molecule has 0 amide bonds. The molecule has 0 saturated heterocycles. The second-order valence-electron chi connectivity index (χ2n) is 10.4. The van der Waals surface area contributed by atoms with Crippen LogP contribution in [0.25, 0.3) is 11.1 Å². The maximum Gasteiger partial charge on any atom is 0.174 e. The third-order valence-electron chi connectivity index (χ3n) is 7.88. The number of rotatable bonds is 7. The first kappa shape index (κ1) is 28.7. The number of ether oxygens (including phenoxy) is 6. The molecule has 10 nitrogen and oxygen atoms in total. The van der Waals surface area contributed by atoms with Gasteiger partial charge in [-0.3, -0.25) is 9.59 Å². The van der Waals surface area contributed by atoms with Gasteiger partial charge in [0.25, 0.3) is 0 Å². The molecule has 0 radical (unpaired) electrons. The first-order valence-electron chi connectivity index (χ1n) is 13.8. The van der Waals surface area contributed by atoms with E-state index in [0.717, 1.165) is 11.1 Å². The summed E-state index contributed by atoms with van der Waals surface area (Å²) < 4.78 is 35.9. The van der Waals surface area contributed by atoms with Crippen molar-refractivity contribution >= 4 is 11.6 Å². The average Bonchev–Trinajstić information content (AvgIpc) is 3.03. The molecule has 2 aliphatic heterocycles. The van der Waals surface area contributed by atoms with E-state index in [4.69, 9.17) is 28.4 Å². The van der Waals surface area contributed by atoms with Crippen LogP contribution in [-0.2, 0) is 0 Å². The minimum Gasteiger partial charge on any atom is -0.508 e. The predicted octanol–water partition coefficient (Wildman–Crippen LogP) is 6.21. The lowest BCUT2D eigenvalue weighted by Gasteiger charge is -2.31. The predicted molar refractivity (Wildman–Crippen MR) is 159 cm³/mol. The van der Waals surface area contributed by atoms with Crippen LogP contribution in [0.5, 0.6) is 46.0 Å². The van der Waals surface area contributed by atoms with E-state index >= 15 is 0 Å². The molecule has 0 aromatic heterocycles. The van der Waals surface area contributed by atoms with Crippen LogP contribution in [0.15, 0.2) is 60.7 Å². The van der Waals surface area contributed by atoms with Gasteiger partial charge in [-0.1, -0.05) is 24.3 Å². The van der Waals surface area contributed by atoms with Gasteiger partial charge in [0.1, 0.15) is 69.3 Å². The van der Waals surface area contributed by atoms with Gasteiger partial charge in [0.05, 0.1) is 52.4 Å². The van der Waals surface area contributed by atoms with E-state index in [1.165, 1.54) is 52.7 Å². The molecule has 0 bridgehead atoms. The number of phenolic OH excluding ortho intramolecular Hbond substituents is 2. The standard InChI is InChI=1S/C34H30O10/c1-39-25-15-27-29(21(37)13-23(43-27)17-5-9-19(35)10-6-17)33(41-3)31(25)32-26(40-2)16-28-30(34(32)42-4)22(38)14-24(44-28)18-7-11-20(36)12-8-18/h5-12,15-16,23-24,35-36H,13-14H2,1-4H3. The summed E-state index contributed by atoms with van der Waals surface area (Å²) in [6, 6.07) is 16.2. The highest BCUT2D eigenvalue weighted by Gasteiger charge is 2.39. The molecular weight excluding hydrogens is 568 g/mol. The molecular formula is C34H30O10. The van der Waals surface area contributed by atoms with Crippen LogP contribution in [0, 0.1) is 0 Å². The molecule has 2 atom stereocenters. The van der Waals surface area contributed by atoms with Gasteiger partial charge < -0.3 is 38.6 Å². The number of hydrogen-bond acceptors (Lipinski definition) is 10. The van der Waals surface area contributed by atoms with Crippen molar-refractivity contribution in [3.05, 3.63) is 82.9 Å². The molecule has 0 fully saturated rings. The number of benzene rings is 4. The third kappa shape index (κ3) is 4.78. The van der Waals surface area contributed by atoms with Gasteiger partial charge >= 0.3 is 0 Å². The Kier molecular flexibility index (Phi) is 7.42. The lowest BCUT2D eigenvalue weighted by Crippen LogP contribution is -2.22. The first-order valence-corrected chi connectivity index (χ1v) is 13.8. The Hall–Kier alpha value is -5.38. The summed E-state index contributed by atoms with van der Waals surface area (Å²) >= 11 is 0. The van der Waals surface area contributed by atoms with Crippen molar-refractivity contribution in [2.75, 3.05) is 28.4 Å². The number of methoxy groups -OCH3 is 4. The van der Waals surface area contributed by atoms with Gasteiger partial charge in [0, 0.05) is 12.1 Å². The molecule has 4 aromatic carbocycles. The zero-order chi connectivity index (χ0) is 31.1. The fourth-order valence-electron chi connectivity index (χ4n) is 5.82. The van der Waals surface area contributed by atoms with E-state index in [1.54, 1.807) is 36.4 Å². The van der Waals surface area contributed by atoms with Crippen LogP contribution >= 0.6 is 0 Å². The van der Waals surface area contributed by atoms with Crippen LogP contribution in [0.2, 0.25) is 0 Å². The summed E-state index contributed by atoms with van der Waals surface area (Å²) in [6.45, 7) is 0. The molecule has 6 rings (SSSR count). The zero-order valence-corrected chi connectivity index (χ0v) is 24.5. The van der Waals surface area contributed by atoms with Crippen molar-refractivity contribution in [2.24, 2.45) is 0 Å². The van der Waals surface area contributed by atoms with E-state index in [1.807, 2.05) is 0 Å². The van der Waals surface area contributed by atoms with Gasteiger partial charge in [-0.15, -0.1) is 0 Å². The molecule has 2 N–H and O–H groups in total. The van der Waals surface area contributed by atoms with E-state index in [0.29, 0.717) is 22.6 Å². The normalized spacial score (nSPS) is 17.1. The van der Waals surface area contributed by atoms with Crippen LogP contribution in [0.3, 0.4) is 0 Å². The average molecular weight is 599 g/mol. The van der Waals surface area contributed by atoms with Gasteiger partial charge in [-0.25, -0.2) is 0 Å². The number of carbonyl (C=O) groups excluding carboxylic acids is 2. The molecule has 226 valence electrons. The third-order valence-corrected chi connectivity index (χ3v) is 7.88. The van der Waals surface area contributed by atoms with Crippen LogP contribution < -0.4 is 28.4 Å². The van der Waals surface area contributed by atoms with Crippen molar-refractivity contribution in [3.63, 3.8) is 0 Å². The molecule has 10 heteroatoms. The monoisotopic (exact) mass is 598 g/mol. The lowest BCUT2D eigenvalue weighted by atomic mass is 9.88. The molecule has 2 aliphatic rings. The summed E-state index contributed by atoms with van der Waals surface area (Å²) in [5.74, 6) is 1.24. The number of Topliss-reactive ketones (excluding diaryl/α,β-unsaturated/α-hetero) is 2. The molecule has 2 unspecified atom stereocenters. The van der Waals surface area contributed by atoms with E-state index in [9.17, 15) is 19.8 Å². The van der Waals surface area contributed by atoms with Gasteiger partial charge in [-0.2, -0.15) is 0 Å². The molecule has 0 spiro atoms. The second kappa shape index (κ2) is 11.4. The molecule has 44 heavy (non-hydrogen) atoms. The Balaban J connectivity index is 1.50. The van der Waals surface area contributed by atoms with Gasteiger partial charge in [-0.05, 0) is 35.4 Å². The maximum absolute atomic E-state index is 13.7. The first-order chi connectivity index (χ1) is 21.3. The minimum atomic E-state index is -0.583. The topological polar surface area (TPSA) is 130 Å². The van der Waals surface area contributed by atoms with Crippen LogP contribution in [0.4, 0.5) is 0 Å². The number of carbonyl (C=O) groups is 2. The van der Waals surface area contributed by atoms with Crippen molar-refractivity contribution < 1.29 is 48.2 Å². The Bertz CT molecular complexity index is 1630. The van der Waals surface area contributed by atoms with Crippen LogP contribution in [-0.4, -0.2) is 50.2 Å². The van der Waals surface area contributed by atoms with Crippen molar-refractivity contribution in [1.82, 2.24) is 0 Å². The number of ketones is 2. The summed E-state index contributed by atoms with van der Waals surface area (Å²) in [6.07, 6.45) is -1.10. The molecule has 4 aromatic rings. The fourth-order valence-corrected chi connectivity index (χ4v) is 5.82. The zero-order valence-electron chi connectivity index (χ0n) is 24.5. The lowest BCUT2D eigenvalue weighted by molar-refractivity contribution is 0.0833. The Labute approximate surface area is 253 Å². The number of phenols is 2. The van der Waals surface area contributed by atoms with E-state index < -0.39 is 12.2 Å². The van der Waals surface area contributed by atoms with E-state index in [-0.39, 0.29) is 70.0 Å². The summed E-state index contributed by atoms with van der Waals surface area (Å²) in [7, 11) is 5.82. The minimum absolute atomic E-state index is 0.0311. The molecule has 0 saturated carbocycles. The number of aromatic hydroxyl groups is 2. The SMILES string of the molecule is COc1cc2c(c(OC)c1-c1c(OC)cc3c(c1OC)C(=O)CC(c1ccc(O)cc1)O3)C(=O)CC(c1ccc(O)cc1)O2. The Morgan fingerprint density at radius 1 is 0.568 bits per heavy atom. The smallest absolute Gasteiger partial charge is 0.174 e. The molecule has 0 aliphatic carbocycles. The summed E-state index contributed by atoms with van der Waals surface area (Å²) in [4.78, 5) is 27.4. The number of fused-ring (bicyclic) bond motifs is 2. The quantitative estimate of drug-likeness (QED) is 0.253. The second-order valence-corrected chi connectivity index (χ2v) is 10.4. The Morgan fingerprint density at radius 2 is 0.932 bits per heavy atom. The largest absolute Gasteiger partial charge is 0.508 e. The fraction of sp³-hybridized carbons (Fsp3) is 0.235. The maximum atomic E-state index is 13.7. The van der Waals surface area contributed by atoms with Crippen molar-refractivity contribution in [1.29, 1.82) is 0 Å². The van der Waals surface area contributed by atoms with Crippen molar-refractivity contribution in [2.45, 2.75) is 25.0 Å². The van der Waals surface area contributed by atoms with Gasteiger partial charge in [0.15, 0.2) is 11.6 Å². The molecule has 2 heterocycles. The van der Waals surface area contributed by atoms with Crippen LogP contribution in [0.1, 0.15) is 56.9 Å². The summed E-state index contributed by atoms with van der Waals surface area (Å²) in [5.41, 5.74) is 2.58. The highest BCUT2D eigenvalue weighted by atomic mass is 16.5. The highest BCUT2D eigenvalue weighted by molar-refractivity contribution is 6.09. The van der Waals surface area contributed by atoms with E-state index in [2.05, 4.69) is 0 Å². The highest BCUT2D eigenvalue weighted by Crippen LogP contribution is 2.56. The van der Waals surface area contributed by atoms with Crippen molar-refractivity contribution in [3.8, 4) is 57.1 Å². The summed E-state index contributed by atoms with van der Waals surface area (Å²) in [5, 5.41) is 19.4.